The zero-order valence-electron chi connectivity index (χ0n) is 9.99. The lowest BCUT2D eigenvalue weighted by Gasteiger charge is -2.12. The molecule has 0 fully saturated rings. The number of benzene rings is 1. The molecule has 17 heavy (non-hydrogen) atoms. The Hall–Kier alpha value is -1.42. The van der Waals surface area contributed by atoms with Gasteiger partial charge in [0.05, 0.1) is 20.2 Å². The summed E-state index contributed by atoms with van der Waals surface area (Å²) in [6, 6.07) is 9.86. The van der Waals surface area contributed by atoms with Gasteiger partial charge in [-0.2, -0.15) is 0 Å². The molecule has 1 aromatic carbocycles. The molecule has 1 rings (SSSR count). The predicted octanol–water partition coefficient (Wildman–Crippen LogP) is 1.92. The van der Waals surface area contributed by atoms with Crippen molar-refractivity contribution < 1.29 is 13.9 Å². The molecule has 4 heteroatoms. The summed E-state index contributed by atoms with van der Waals surface area (Å²) in [4.78, 5) is 11.0. The minimum atomic E-state index is -0.517. The molecule has 0 spiro atoms. The number of nitrogens with one attached hydrogen (secondary N) is 1. The van der Waals surface area contributed by atoms with Gasteiger partial charge >= 0.3 is 5.97 Å². The number of hydrogen-bond donors (Lipinski definition) is 1. The van der Waals surface area contributed by atoms with Crippen LogP contribution in [0.3, 0.4) is 0 Å². The van der Waals surface area contributed by atoms with Crippen LogP contribution in [0.1, 0.15) is 12.0 Å². The van der Waals surface area contributed by atoms with Crippen LogP contribution >= 0.6 is 0 Å². The van der Waals surface area contributed by atoms with Gasteiger partial charge in [0.1, 0.15) is 0 Å². The molecule has 0 saturated heterocycles. The maximum atomic E-state index is 12.6. The fraction of sp³-hybridized carbons (Fsp3) is 0.462. The fourth-order valence-corrected chi connectivity index (χ4v) is 1.52. The van der Waals surface area contributed by atoms with Gasteiger partial charge in [0, 0.05) is 19.0 Å². The Bertz CT molecular complexity index is 329. The number of methoxy groups -OCH3 is 1. The van der Waals surface area contributed by atoms with Gasteiger partial charge in [-0.05, 0) is 5.56 Å². The third kappa shape index (κ3) is 5.45. The van der Waals surface area contributed by atoms with Crippen LogP contribution in [0.4, 0.5) is 4.39 Å². The summed E-state index contributed by atoms with van der Waals surface area (Å²) in [5.74, 6) is -0.680. The Balaban J connectivity index is 2.26. The number of rotatable bonds is 7. The van der Waals surface area contributed by atoms with E-state index in [0.29, 0.717) is 13.1 Å². The lowest BCUT2D eigenvalue weighted by Crippen LogP contribution is -2.26. The van der Waals surface area contributed by atoms with Crippen LogP contribution in [0.15, 0.2) is 30.3 Å². The monoisotopic (exact) mass is 239 g/mol. The number of carbonyl (C=O) groups is 1. The van der Waals surface area contributed by atoms with Crippen molar-refractivity contribution in [3.8, 4) is 0 Å². The van der Waals surface area contributed by atoms with Crippen LogP contribution in [0, 0.1) is 5.92 Å². The first kappa shape index (κ1) is 13.6. The summed E-state index contributed by atoms with van der Waals surface area (Å²) < 4.78 is 17.1. The summed E-state index contributed by atoms with van der Waals surface area (Å²) in [6.07, 6.45) is 0.120. The van der Waals surface area contributed by atoms with Crippen molar-refractivity contribution in [3.63, 3.8) is 0 Å². The highest BCUT2D eigenvalue weighted by atomic mass is 19.1. The standard InChI is InChI=1S/C13H18FNO2/c1-17-13(16)7-12(8-14)10-15-9-11-5-3-2-4-6-11/h2-6,12,15H,7-10H2,1H3/t12-/m1/s1. The third-order valence-electron chi connectivity index (χ3n) is 2.51. The van der Waals surface area contributed by atoms with Crippen LogP contribution < -0.4 is 5.32 Å². The molecular weight excluding hydrogens is 221 g/mol. The van der Waals surface area contributed by atoms with E-state index in [1.165, 1.54) is 7.11 Å². The number of carbonyl (C=O) groups excluding carboxylic acids is 1. The topological polar surface area (TPSA) is 38.3 Å². The van der Waals surface area contributed by atoms with Crippen LogP contribution in [0.2, 0.25) is 0 Å². The van der Waals surface area contributed by atoms with Gasteiger partial charge < -0.3 is 10.1 Å². The van der Waals surface area contributed by atoms with Gasteiger partial charge in [-0.15, -0.1) is 0 Å². The number of hydrogen-bond acceptors (Lipinski definition) is 3. The van der Waals surface area contributed by atoms with Gasteiger partial charge in [0.2, 0.25) is 0 Å². The van der Waals surface area contributed by atoms with E-state index in [9.17, 15) is 9.18 Å². The highest BCUT2D eigenvalue weighted by Gasteiger charge is 2.13. The van der Waals surface area contributed by atoms with E-state index < -0.39 is 6.67 Å². The van der Waals surface area contributed by atoms with Crippen molar-refractivity contribution in [2.24, 2.45) is 5.92 Å². The molecule has 0 saturated carbocycles. The van der Waals surface area contributed by atoms with Crippen molar-refractivity contribution in [2.75, 3.05) is 20.3 Å². The molecular formula is C13H18FNO2. The first-order valence-corrected chi connectivity index (χ1v) is 5.63. The van der Waals surface area contributed by atoms with Crippen LogP contribution in [0.5, 0.6) is 0 Å². The number of alkyl halides is 1. The summed E-state index contributed by atoms with van der Waals surface area (Å²) in [7, 11) is 1.31. The third-order valence-corrected chi connectivity index (χ3v) is 2.51. The van der Waals surface area contributed by atoms with Gasteiger partial charge in [-0.1, -0.05) is 30.3 Å². The molecule has 1 aromatic rings. The number of halogens is 1. The predicted molar refractivity (Wildman–Crippen MR) is 64.2 cm³/mol. The number of ether oxygens (including phenoxy) is 1. The molecule has 0 aliphatic rings. The summed E-state index contributed by atoms with van der Waals surface area (Å²) in [5, 5.41) is 3.13. The van der Waals surface area contributed by atoms with Gasteiger partial charge in [-0.25, -0.2) is 0 Å². The second-order valence-electron chi connectivity index (χ2n) is 3.92. The van der Waals surface area contributed by atoms with E-state index in [-0.39, 0.29) is 18.3 Å². The van der Waals surface area contributed by atoms with Crippen molar-refractivity contribution in [3.05, 3.63) is 35.9 Å². The average Bonchev–Trinajstić information content (AvgIpc) is 2.38. The van der Waals surface area contributed by atoms with E-state index in [4.69, 9.17) is 0 Å². The Kier molecular flexibility index (Phi) is 6.25. The van der Waals surface area contributed by atoms with Crippen molar-refractivity contribution in [1.82, 2.24) is 5.32 Å². The molecule has 0 bridgehead atoms. The summed E-state index contributed by atoms with van der Waals surface area (Å²) in [5.41, 5.74) is 1.14. The second kappa shape index (κ2) is 7.79. The van der Waals surface area contributed by atoms with Crippen LogP contribution in [0.25, 0.3) is 0 Å². The molecule has 0 aliphatic heterocycles. The SMILES string of the molecule is COC(=O)C[C@H](CF)CNCc1ccccc1. The summed E-state index contributed by atoms with van der Waals surface area (Å²) in [6.45, 7) is 0.635. The molecule has 0 aromatic heterocycles. The van der Waals surface area contributed by atoms with E-state index >= 15 is 0 Å². The zero-order chi connectivity index (χ0) is 12.5. The Morgan fingerprint density at radius 2 is 2.12 bits per heavy atom. The van der Waals surface area contributed by atoms with E-state index in [1.54, 1.807) is 0 Å². The Morgan fingerprint density at radius 1 is 1.41 bits per heavy atom. The van der Waals surface area contributed by atoms with Gasteiger partial charge in [0.25, 0.3) is 0 Å². The normalized spacial score (nSPS) is 12.1. The lowest BCUT2D eigenvalue weighted by atomic mass is 10.1. The van der Waals surface area contributed by atoms with Crippen molar-refractivity contribution >= 4 is 5.97 Å². The number of esters is 1. The average molecular weight is 239 g/mol. The second-order valence-corrected chi connectivity index (χ2v) is 3.92. The lowest BCUT2D eigenvalue weighted by molar-refractivity contribution is -0.141. The summed E-state index contributed by atoms with van der Waals surface area (Å²) >= 11 is 0. The highest BCUT2D eigenvalue weighted by molar-refractivity contribution is 5.69. The molecule has 3 nitrogen and oxygen atoms in total. The largest absolute Gasteiger partial charge is 0.469 e. The molecule has 1 N–H and O–H groups in total. The van der Waals surface area contributed by atoms with Crippen molar-refractivity contribution in [1.29, 1.82) is 0 Å². The quantitative estimate of drug-likeness (QED) is 0.739. The minimum Gasteiger partial charge on any atom is -0.469 e. The first-order valence-electron chi connectivity index (χ1n) is 5.63. The first-order chi connectivity index (χ1) is 8.26. The van der Waals surface area contributed by atoms with Crippen LogP contribution in [-0.2, 0) is 16.1 Å². The fourth-order valence-electron chi connectivity index (χ4n) is 1.52. The molecule has 0 heterocycles. The van der Waals surface area contributed by atoms with Crippen molar-refractivity contribution in [2.45, 2.75) is 13.0 Å². The molecule has 0 aliphatic carbocycles. The van der Waals surface area contributed by atoms with E-state index in [0.717, 1.165) is 5.56 Å². The molecule has 0 amide bonds. The maximum Gasteiger partial charge on any atom is 0.305 e. The molecule has 94 valence electrons. The van der Waals surface area contributed by atoms with Crippen LogP contribution in [-0.4, -0.2) is 26.3 Å². The Morgan fingerprint density at radius 3 is 2.71 bits per heavy atom. The highest BCUT2D eigenvalue weighted by Crippen LogP contribution is 2.05. The zero-order valence-corrected chi connectivity index (χ0v) is 9.99. The maximum absolute atomic E-state index is 12.6. The van der Waals surface area contributed by atoms with Gasteiger partial charge in [0.15, 0.2) is 0 Å². The molecule has 0 unspecified atom stereocenters. The molecule has 0 radical (unpaired) electrons. The smallest absolute Gasteiger partial charge is 0.305 e. The van der Waals surface area contributed by atoms with E-state index in [1.807, 2.05) is 30.3 Å². The van der Waals surface area contributed by atoms with Gasteiger partial charge in [-0.3, -0.25) is 9.18 Å². The molecule has 1 atom stereocenters. The van der Waals surface area contributed by atoms with E-state index in [2.05, 4.69) is 10.1 Å². The minimum absolute atomic E-state index is 0.120. The Labute approximate surface area is 101 Å².